The quantitative estimate of drug-likeness (QED) is 0.886. The Balaban J connectivity index is 1.98. The van der Waals surface area contributed by atoms with E-state index in [1.807, 2.05) is 13.0 Å². The number of hydrogen-bond donors (Lipinski definition) is 1. The predicted molar refractivity (Wildman–Crippen MR) is 74.0 cm³/mol. The zero-order valence-electron chi connectivity index (χ0n) is 11.5. The molecule has 1 saturated heterocycles. The Labute approximate surface area is 114 Å². The van der Waals surface area contributed by atoms with Crippen molar-refractivity contribution in [3.63, 3.8) is 0 Å². The number of nitrogens with zero attached hydrogens (tertiary/aromatic N) is 3. The molecular weight excluding hydrogens is 240 g/mol. The zero-order valence-corrected chi connectivity index (χ0v) is 11.5. The van der Waals surface area contributed by atoms with Crippen molar-refractivity contribution in [2.24, 2.45) is 5.92 Å². The Morgan fingerprint density at radius 2 is 2.42 bits per heavy atom. The Hall–Kier alpha value is -1.64. The zero-order chi connectivity index (χ0) is 13.7. The fourth-order valence-electron chi connectivity index (χ4n) is 2.20. The normalized spacial score (nSPS) is 20.6. The third-order valence-electron chi connectivity index (χ3n) is 3.25. The molecule has 0 amide bonds. The number of aromatic nitrogens is 1. The first-order valence-electron chi connectivity index (χ1n) is 6.57. The van der Waals surface area contributed by atoms with E-state index in [-0.39, 0.29) is 0 Å². The molecule has 0 saturated carbocycles. The maximum atomic E-state index is 9.07. The van der Waals surface area contributed by atoms with Crippen molar-refractivity contribution in [1.29, 1.82) is 5.26 Å². The van der Waals surface area contributed by atoms with Crippen LogP contribution in [0.2, 0.25) is 0 Å². The standard InChI is InChI=1S/C14H20N4O/c1-11-3-4-13(7-15)14(17-11)16-8-12-9-18(2)5-6-19-10-12/h3-4,12H,5-6,8-10H2,1-2H3,(H,16,17)/t12-/m0/s1. The van der Waals surface area contributed by atoms with Gasteiger partial charge in [0.05, 0.1) is 18.8 Å². The number of rotatable bonds is 3. The molecule has 0 aromatic carbocycles. The van der Waals surface area contributed by atoms with E-state index in [1.165, 1.54) is 0 Å². The van der Waals surface area contributed by atoms with Crippen LogP contribution in [0.3, 0.4) is 0 Å². The fraction of sp³-hybridized carbons (Fsp3) is 0.571. The summed E-state index contributed by atoms with van der Waals surface area (Å²) >= 11 is 0. The summed E-state index contributed by atoms with van der Waals surface area (Å²) in [7, 11) is 2.10. The lowest BCUT2D eigenvalue weighted by Crippen LogP contribution is -2.30. The van der Waals surface area contributed by atoms with E-state index >= 15 is 0 Å². The molecule has 102 valence electrons. The van der Waals surface area contributed by atoms with E-state index in [2.05, 4.69) is 28.3 Å². The third kappa shape index (κ3) is 3.91. The minimum absolute atomic E-state index is 0.418. The van der Waals surface area contributed by atoms with Gasteiger partial charge in [-0.3, -0.25) is 0 Å². The molecule has 1 aromatic rings. The van der Waals surface area contributed by atoms with Gasteiger partial charge in [-0.25, -0.2) is 4.98 Å². The van der Waals surface area contributed by atoms with Gasteiger partial charge >= 0.3 is 0 Å². The van der Waals surface area contributed by atoms with Gasteiger partial charge in [0.1, 0.15) is 11.9 Å². The van der Waals surface area contributed by atoms with Crippen LogP contribution in [0.4, 0.5) is 5.82 Å². The van der Waals surface area contributed by atoms with Gasteiger partial charge < -0.3 is 15.0 Å². The second-order valence-electron chi connectivity index (χ2n) is 5.04. The molecule has 1 atom stereocenters. The minimum atomic E-state index is 0.418. The van der Waals surface area contributed by atoms with Crippen LogP contribution in [0, 0.1) is 24.2 Å². The summed E-state index contributed by atoms with van der Waals surface area (Å²) in [6.07, 6.45) is 0. The van der Waals surface area contributed by atoms with Crippen molar-refractivity contribution >= 4 is 5.82 Å². The number of anilines is 1. The SMILES string of the molecule is Cc1ccc(C#N)c(NC[C@@H]2COCCN(C)C2)n1. The Morgan fingerprint density at radius 3 is 3.21 bits per heavy atom. The van der Waals surface area contributed by atoms with E-state index < -0.39 is 0 Å². The Kier molecular flexibility index (Phi) is 4.72. The van der Waals surface area contributed by atoms with Gasteiger partial charge in [-0.1, -0.05) is 0 Å². The maximum absolute atomic E-state index is 9.07. The van der Waals surface area contributed by atoms with Crippen LogP contribution in [0.5, 0.6) is 0 Å². The summed E-state index contributed by atoms with van der Waals surface area (Å²) in [5, 5.41) is 12.4. The second-order valence-corrected chi connectivity index (χ2v) is 5.04. The number of nitrogens with one attached hydrogen (secondary N) is 1. The van der Waals surface area contributed by atoms with E-state index in [0.29, 0.717) is 17.3 Å². The summed E-state index contributed by atoms with van der Waals surface area (Å²) in [5.74, 6) is 1.09. The summed E-state index contributed by atoms with van der Waals surface area (Å²) in [5.41, 5.74) is 1.50. The number of hydrogen-bond acceptors (Lipinski definition) is 5. The molecule has 1 fully saturated rings. The summed E-state index contributed by atoms with van der Waals surface area (Å²) < 4.78 is 5.58. The van der Waals surface area contributed by atoms with E-state index in [9.17, 15) is 0 Å². The van der Waals surface area contributed by atoms with E-state index in [0.717, 1.165) is 38.5 Å². The first-order valence-corrected chi connectivity index (χ1v) is 6.57. The van der Waals surface area contributed by atoms with Gasteiger partial charge in [-0.05, 0) is 26.1 Å². The van der Waals surface area contributed by atoms with Crippen LogP contribution in [0.15, 0.2) is 12.1 Å². The monoisotopic (exact) mass is 260 g/mol. The van der Waals surface area contributed by atoms with Gasteiger partial charge in [-0.15, -0.1) is 0 Å². The van der Waals surface area contributed by atoms with Crippen molar-refractivity contribution in [3.8, 4) is 6.07 Å². The Morgan fingerprint density at radius 1 is 1.58 bits per heavy atom. The molecular formula is C14H20N4O. The number of pyridine rings is 1. The average Bonchev–Trinajstić information content (AvgIpc) is 2.61. The van der Waals surface area contributed by atoms with Crippen LogP contribution in [-0.2, 0) is 4.74 Å². The van der Waals surface area contributed by atoms with Crippen molar-refractivity contribution in [3.05, 3.63) is 23.4 Å². The third-order valence-corrected chi connectivity index (χ3v) is 3.25. The summed E-state index contributed by atoms with van der Waals surface area (Å²) in [6, 6.07) is 5.82. The first-order chi connectivity index (χ1) is 9.19. The second kappa shape index (κ2) is 6.50. The number of likely N-dealkylation sites (N-methyl/N-ethyl adjacent to an activating group) is 1. The van der Waals surface area contributed by atoms with Crippen LogP contribution < -0.4 is 5.32 Å². The van der Waals surface area contributed by atoms with Crippen molar-refractivity contribution in [2.45, 2.75) is 6.92 Å². The molecule has 2 heterocycles. The fourth-order valence-corrected chi connectivity index (χ4v) is 2.20. The highest BCUT2D eigenvalue weighted by Crippen LogP contribution is 2.14. The molecule has 2 rings (SSSR count). The molecule has 5 heteroatoms. The van der Waals surface area contributed by atoms with Gasteiger partial charge in [0.15, 0.2) is 0 Å². The Bertz CT molecular complexity index is 469. The van der Waals surface area contributed by atoms with Gasteiger partial charge in [0, 0.05) is 31.2 Å². The van der Waals surface area contributed by atoms with Crippen LogP contribution in [0.25, 0.3) is 0 Å². The number of aryl methyl sites for hydroxylation is 1. The van der Waals surface area contributed by atoms with Crippen molar-refractivity contribution in [1.82, 2.24) is 9.88 Å². The predicted octanol–water partition coefficient (Wildman–Crippen LogP) is 1.25. The van der Waals surface area contributed by atoms with E-state index in [4.69, 9.17) is 10.00 Å². The summed E-state index contributed by atoms with van der Waals surface area (Å²) in [6.45, 7) is 6.22. The highest BCUT2D eigenvalue weighted by atomic mass is 16.5. The summed E-state index contributed by atoms with van der Waals surface area (Å²) in [4.78, 5) is 6.65. The molecule has 1 aliphatic rings. The molecule has 0 radical (unpaired) electrons. The van der Waals surface area contributed by atoms with Gasteiger partial charge in [0.2, 0.25) is 0 Å². The van der Waals surface area contributed by atoms with Crippen LogP contribution in [0.1, 0.15) is 11.3 Å². The van der Waals surface area contributed by atoms with Crippen LogP contribution in [-0.4, -0.2) is 49.8 Å². The minimum Gasteiger partial charge on any atom is -0.380 e. The smallest absolute Gasteiger partial charge is 0.144 e. The topological polar surface area (TPSA) is 61.2 Å². The molecule has 1 aliphatic heterocycles. The van der Waals surface area contributed by atoms with Gasteiger partial charge in [0.25, 0.3) is 0 Å². The highest BCUT2D eigenvalue weighted by molar-refractivity contribution is 5.52. The first kappa shape index (κ1) is 13.8. The molecule has 0 bridgehead atoms. The molecule has 0 spiro atoms. The van der Waals surface area contributed by atoms with Crippen molar-refractivity contribution < 1.29 is 4.74 Å². The lowest BCUT2D eigenvalue weighted by molar-refractivity contribution is 0.125. The number of nitriles is 1. The highest BCUT2D eigenvalue weighted by Gasteiger charge is 2.16. The number of ether oxygens (including phenoxy) is 1. The molecule has 0 aliphatic carbocycles. The molecule has 1 N–H and O–H groups in total. The largest absolute Gasteiger partial charge is 0.380 e. The molecule has 19 heavy (non-hydrogen) atoms. The molecule has 5 nitrogen and oxygen atoms in total. The molecule has 0 unspecified atom stereocenters. The lowest BCUT2D eigenvalue weighted by Gasteiger charge is -2.19. The van der Waals surface area contributed by atoms with Gasteiger partial charge in [-0.2, -0.15) is 5.26 Å². The maximum Gasteiger partial charge on any atom is 0.144 e. The average molecular weight is 260 g/mol. The molecule has 1 aromatic heterocycles. The van der Waals surface area contributed by atoms with Crippen molar-refractivity contribution in [2.75, 3.05) is 45.2 Å². The van der Waals surface area contributed by atoms with Crippen LogP contribution >= 0.6 is 0 Å². The van der Waals surface area contributed by atoms with E-state index in [1.54, 1.807) is 6.07 Å². The lowest BCUT2D eigenvalue weighted by atomic mass is 10.1.